The lowest BCUT2D eigenvalue weighted by atomic mass is 9.95. The van der Waals surface area contributed by atoms with Gasteiger partial charge in [-0.1, -0.05) is 30.3 Å². The molecule has 2 nitrogen and oxygen atoms in total. The number of rotatable bonds is 3. The van der Waals surface area contributed by atoms with Crippen LogP contribution >= 0.6 is 0 Å². The first-order chi connectivity index (χ1) is 5.75. The number of benzene rings is 1. The quantitative estimate of drug-likeness (QED) is 0.683. The van der Waals surface area contributed by atoms with Crippen LogP contribution in [0.3, 0.4) is 0 Å². The second-order valence-corrected chi connectivity index (χ2v) is 2.93. The molecule has 2 unspecified atom stereocenters. The molecule has 0 radical (unpaired) electrons. The summed E-state index contributed by atoms with van der Waals surface area (Å²) in [6, 6.07) is 9.46. The molecule has 1 aromatic carbocycles. The predicted octanol–water partition coefficient (Wildman–Crippen LogP) is 1.32. The van der Waals surface area contributed by atoms with E-state index in [1.165, 1.54) is 0 Å². The molecular weight excluding hydrogens is 150 g/mol. The number of nitrogens with two attached hydrogens (primary N) is 1. The summed E-state index contributed by atoms with van der Waals surface area (Å²) in [5, 5.41) is 0. The Morgan fingerprint density at radius 1 is 1.33 bits per heavy atom. The molecule has 1 aromatic rings. The number of hydrogen-bond acceptors (Lipinski definition) is 2. The average Bonchev–Trinajstić information content (AvgIpc) is 2.07. The number of carbonyl (C=O) groups is 1. The summed E-state index contributed by atoms with van der Waals surface area (Å²) in [6.07, 6.45) is 0.903. The third-order valence-corrected chi connectivity index (χ3v) is 1.90. The fraction of sp³-hybridized carbons (Fsp3) is 0.300. The Bertz CT molecular complexity index is 243. The summed E-state index contributed by atoms with van der Waals surface area (Å²) in [7, 11) is 0. The van der Waals surface area contributed by atoms with Crippen molar-refractivity contribution in [1.82, 2.24) is 0 Å². The van der Waals surface area contributed by atoms with E-state index >= 15 is 0 Å². The van der Waals surface area contributed by atoms with Crippen LogP contribution in [-0.4, -0.2) is 12.3 Å². The molecule has 2 N–H and O–H groups in total. The maximum absolute atomic E-state index is 10.7. The first-order valence-electron chi connectivity index (χ1n) is 4.01. The molecule has 0 fully saturated rings. The highest BCUT2D eigenvalue weighted by atomic mass is 16.1. The highest BCUT2D eigenvalue weighted by Gasteiger charge is 2.13. The molecule has 0 spiro atoms. The highest BCUT2D eigenvalue weighted by molar-refractivity contribution is 5.63. The zero-order valence-corrected chi connectivity index (χ0v) is 7.10. The van der Waals surface area contributed by atoms with Crippen molar-refractivity contribution in [3.8, 4) is 0 Å². The minimum absolute atomic E-state index is 0.120. The van der Waals surface area contributed by atoms with Gasteiger partial charge in [-0.05, 0) is 12.5 Å². The van der Waals surface area contributed by atoms with Gasteiger partial charge in [0.25, 0.3) is 0 Å². The van der Waals surface area contributed by atoms with Crippen molar-refractivity contribution in [3.05, 3.63) is 35.9 Å². The highest BCUT2D eigenvalue weighted by Crippen LogP contribution is 2.15. The first-order valence-corrected chi connectivity index (χ1v) is 4.01. The minimum Gasteiger partial charge on any atom is -0.327 e. The van der Waals surface area contributed by atoms with E-state index in [-0.39, 0.29) is 12.0 Å². The summed E-state index contributed by atoms with van der Waals surface area (Å²) in [6.45, 7) is 1.84. The minimum atomic E-state index is -0.175. The normalized spacial score (nSPS) is 15.2. The summed E-state index contributed by atoms with van der Waals surface area (Å²) >= 11 is 0. The van der Waals surface area contributed by atoms with Gasteiger partial charge in [-0.3, -0.25) is 0 Å². The second-order valence-electron chi connectivity index (χ2n) is 2.93. The Labute approximate surface area is 72.4 Å². The predicted molar refractivity (Wildman–Crippen MR) is 48.9 cm³/mol. The Morgan fingerprint density at radius 3 is 2.33 bits per heavy atom. The van der Waals surface area contributed by atoms with Gasteiger partial charge >= 0.3 is 0 Å². The fourth-order valence-corrected chi connectivity index (χ4v) is 1.18. The molecule has 0 aliphatic heterocycles. The summed E-state index contributed by atoms with van der Waals surface area (Å²) in [5.41, 5.74) is 6.64. The Balaban J connectivity index is 2.88. The number of carbonyl (C=O) groups excluding carboxylic acids is 1. The Kier molecular flexibility index (Phi) is 3.00. The van der Waals surface area contributed by atoms with Gasteiger partial charge in [0.2, 0.25) is 0 Å². The first kappa shape index (κ1) is 8.94. The molecule has 2 atom stereocenters. The van der Waals surface area contributed by atoms with Crippen LogP contribution in [0.5, 0.6) is 0 Å². The SMILES string of the molecule is CC(N)C(C=O)c1ccccc1. The second kappa shape index (κ2) is 4.02. The zero-order valence-electron chi connectivity index (χ0n) is 7.10. The summed E-state index contributed by atoms with van der Waals surface area (Å²) in [4.78, 5) is 10.7. The van der Waals surface area contributed by atoms with Crippen molar-refractivity contribution < 1.29 is 4.79 Å². The third-order valence-electron chi connectivity index (χ3n) is 1.90. The molecule has 0 saturated carbocycles. The van der Waals surface area contributed by atoms with E-state index in [9.17, 15) is 4.79 Å². The fourth-order valence-electron chi connectivity index (χ4n) is 1.18. The van der Waals surface area contributed by atoms with Crippen LogP contribution in [0.2, 0.25) is 0 Å². The van der Waals surface area contributed by atoms with Gasteiger partial charge in [0.05, 0.1) is 5.92 Å². The van der Waals surface area contributed by atoms with Crippen LogP contribution in [0.25, 0.3) is 0 Å². The molecule has 0 heterocycles. The molecule has 0 bridgehead atoms. The van der Waals surface area contributed by atoms with Gasteiger partial charge in [-0.15, -0.1) is 0 Å². The van der Waals surface area contributed by atoms with Crippen LogP contribution < -0.4 is 5.73 Å². The molecule has 0 saturated heterocycles. The van der Waals surface area contributed by atoms with E-state index in [2.05, 4.69) is 0 Å². The van der Waals surface area contributed by atoms with Crippen molar-refractivity contribution >= 4 is 6.29 Å². The molecule has 0 aromatic heterocycles. The van der Waals surface area contributed by atoms with E-state index in [1.807, 2.05) is 37.3 Å². The van der Waals surface area contributed by atoms with Crippen molar-refractivity contribution in [3.63, 3.8) is 0 Å². The third kappa shape index (κ3) is 1.92. The van der Waals surface area contributed by atoms with Crippen LogP contribution in [0.15, 0.2) is 30.3 Å². The topological polar surface area (TPSA) is 43.1 Å². The van der Waals surface area contributed by atoms with E-state index < -0.39 is 0 Å². The molecule has 0 aliphatic rings. The number of hydrogen-bond donors (Lipinski definition) is 1. The molecule has 64 valence electrons. The lowest BCUT2D eigenvalue weighted by molar-refractivity contribution is -0.109. The van der Waals surface area contributed by atoms with Crippen molar-refractivity contribution in [1.29, 1.82) is 0 Å². The maximum atomic E-state index is 10.7. The largest absolute Gasteiger partial charge is 0.327 e. The Morgan fingerprint density at radius 2 is 1.92 bits per heavy atom. The molecule has 1 rings (SSSR count). The van der Waals surface area contributed by atoms with Crippen molar-refractivity contribution in [2.75, 3.05) is 0 Å². The van der Waals surface area contributed by atoms with E-state index in [0.717, 1.165) is 11.8 Å². The number of aldehydes is 1. The lowest BCUT2D eigenvalue weighted by Gasteiger charge is -2.13. The van der Waals surface area contributed by atoms with Gasteiger partial charge < -0.3 is 10.5 Å². The van der Waals surface area contributed by atoms with Gasteiger partial charge in [0.1, 0.15) is 6.29 Å². The lowest BCUT2D eigenvalue weighted by Crippen LogP contribution is -2.25. The van der Waals surface area contributed by atoms with Gasteiger partial charge in [-0.2, -0.15) is 0 Å². The Hall–Kier alpha value is -1.15. The molecule has 2 heteroatoms. The van der Waals surface area contributed by atoms with Gasteiger partial charge in [0.15, 0.2) is 0 Å². The van der Waals surface area contributed by atoms with Crippen LogP contribution in [0.1, 0.15) is 18.4 Å². The molecule has 0 amide bonds. The molecule has 0 aliphatic carbocycles. The zero-order chi connectivity index (χ0) is 8.97. The van der Waals surface area contributed by atoms with Crippen molar-refractivity contribution in [2.45, 2.75) is 18.9 Å². The maximum Gasteiger partial charge on any atom is 0.128 e. The molecule has 12 heavy (non-hydrogen) atoms. The summed E-state index contributed by atoms with van der Waals surface area (Å²) < 4.78 is 0. The van der Waals surface area contributed by atoms with Crippen LogP contribution in [0, 0.1) is 0 Å². The summed E-state index contributed by atoms with van der Waals surface area (Å²) in [5.74, 6) is -0.175. The molecular formula is C10H13NO. The van der Waals surface area contributed by atoms with Crippen molar-refractivity contribution in [2.24, 2.45) is 5.73 Å². The van der Waals surface area contributed by atoms with Crippen LogP contribution in [-0.2, 0) is 4.79 Å². The monoisotopic (exact) mass is 163 g/mol. The van der Waals surface area contributed by atoms with Gasteiger partial charge in [-0.25, -0.2) is 0 Å². The van der Waals surface area contributed by atoms with E-state index in [4.69, 9.17) is 5.73 Å². The van der Waals surface area contributed by atoms with Crippen LogP contribution in [0.4, 0.5) is 0 Å². The average molecular weight is 163 g/mol. The van der Waals surface area contributed by atoms with E-state index in [0.29, 0.717) is 0 Å². The smallest absolute Gasteiger partial charge is 0.128 e. The van der Waals surface area contributed by atoms with E-state index in [1.54, 1.807) is 0 Å². The standard InChI is InChI=1S/C10H13NO/c1-8(11)10(7-12)9-5-3-2-4-6-9/h2-8,10H,11H2,1H3. The van der Waals surface area contributed by atoms with Gasteiger partial charge in [0, 0.05) is 6.04 Å².